The summed E-state index contributed by atoms with van der Waals surface area (Å²) in [6.07, 6.45) is 3.54. The molecule has 1 amide bonds. The Labute approximate surface area is 185 Å². The van der Waals surface area contributed by atoms with E-state index in [9.17, 15) is 4.79 Å². The minimum Gasteiger partial charge on any atom is -0.495 e. The Bertz CT molecular complexity index is 1060. The maximum Gasteiger partial charge on any atom is 0.234 e. The number of methoxy groups -OCH3 is 1. The lowest BCUT2D eigenvalue weighted by molar-refractivity contribution is -0.113. The van der Waals surface area contributed by atoms with Crippen LogP contribution in [0.3, 0.4) is 0 Å². The number of amides is 1. The molecule has 1 N–H and O–H groups in total. The highest BCUT2D eigenvalue weighted by Crippen LogP contribution is 2.31. The quantitative estimate of drug-likeness (QED) is 0.541. The number of benzene rings is 2. The molecule has 30 heavy (non-hydrogen) atoms. The van der Waals surface area contributed by atoms with Gasteiger partial charge in [-0.3, -0.25) is 4.79 Å². The van der Waals surface area contributed by atoms with Gasteiger partial charge in [0.2, 0.25) is 5.91 Å². The Morgan fingerprint density at radius 3 is 2.57 bits per heavy atom. The van der Waals surface area contributed by atoms with E-state index in [4.69, 9.17) is 26.3 Å². The number of nitrogens with one attached hydrogen (secondary N) is 1. The normalized spacial score (nSPS) is 14.0. The Kier molecular flexibility index (Phi) is 6.59. The van der Waals surface area contributed by atoms with Crippen LogP contribution >= 0.6 is 23.4 Å². The number of carbonyl (C=O) groups excluding carboxylic acids is 1. The van der Waals surface area contributed by atoms with Crippen molar-refractivity contribution in [2.75, 3.05) is 36.2 Å². The first-order valence-corrected chi connectivity index (χ1v) is 11.3. The van der Waals surface area contributed by atoms with Crippen LogP contribution in [-0.2, 0) is 4.79 Å². The van der Waals surface area contributed by atoms with Crippen molar-refractivity contribution in [2.45, 2.75) is 24.3 Å². The van der Waals surface area contributed by atoms with E-state index in [1.807, 2.05) is 24.3 Å². The second-order valence-electron chi connectivity index (χ2n) is 7.07. The van der Waals surface area contributed by atoms with Crippen LogP contribution in [0.25, 0.3) is 11.0 Å². The molecule has 3 aromatic rings. The fourth-order valence-electron chi connectivity index (χ4n) is 3.46. The molecule has 1 aliphatic rings. The van der Waals surface area contributed by atoms with Gasteiger partial charge in [-0.1, -0.05) is 35.5 Å². The lowest BCUT2D eigenvalue weighted by Crippen LogP contribution is -2.31. The Morgan fingerprint density at radius 2 is 1.87 bits per heavy atom. The molecular weight excluding hydrogens is 420 g/mol. The summed E-state index contributed by atoms with van der Waals surface area (Å²) in [6.45, 7) is 1.94. The molecule has 1 fully saturated rings. The van der Waals surface area contributed by atoms with Crippen molar-refractivity contribution in [2.24, 2.45) is 0 Å². The third-order valence-electron chi connectivity index (χ3n) is 4.95. The SMILES string of the molecule is COc1ccc(NC(=O)CSc2nc3ccccc3nc2N2CCCCC2)cc1Cl. The summed E-state index contributed by atoms with van der Waals surface area (Å²) < 4.78 is 5.15. The van der Waals surface area contributed by atoms with Gasteiger partial charge in [0.25, 0.3) is 0 Å². The van der Waals surface area contributed by atoms with Crippen LogP contribution in [-0.4, -0.2) is 41.8 Å². The second-order valence-corrected chi connectivity index (χ2v) is 8.45. The number of thioether (sulfide) groups is 1. The topological polar surface area (TPSA) is 67.3 Å². The van der Waals surface area contributed by atoms with E-state index < -0.39 is 0 Å². The van der Waals surface area contributed by atoms with E-state index in [2.05, 4.69) is 10.2 Å². The van der Waals surface area contributed by atoms with Gasteiger partial charge in [-0.15, -0.1) is 0 Å². The Morgan fingerprint density at radius 1 is 1.13 bits per heavy atom. The van der Waals surface area contributed by atoms with Crippen molar-refractivity contribution in [1.29, 1.82) is 0 Å². The zero-order valence-electron chi connectivity index (χ0n) is 16.7. The van der Waals surface area contributed by atoms with E-state index in [1.54, 1.807) is 25.3 Å². The van der Waals surface area contributed by atoms with Gasteiger partial charge in [0.15, 0.2) is 5.82 Å². The summed E-state index contributed by atoms with van der Waals surface area (Å²) in [5, 5.41) is 4.12. The summed E-state index contributed by atoms with van der Waals surface area (Å²) in [5.74, 6) is 1.55. The van der Waals surface area contributed by atoms with Crippen molar-refractivity contribution in [3.05, 3.63) is 47.5 Å². The molecule has 0 aliphatic carbocycles. The fraction of sp³-hybridized carbons (Fsp3) is 0.318. The van der Waals surface area contributed by atoms with Crippen molar-refractivity contribution < 1.29 is 9.53 Å². The standard InChI is InChI=1S/C22H23ClN4O2S/c1-29-19-10-9-15(13-16(19)23)24-20(28)14-30-22-21(27-11-5-2-6-12-27)25-17-7-3-4-8-18(17)26-22/h3-4,7-10,13H,2,5-6,11-12,14H2,1H3,(H,24,28). The molecule has 2 aromatic carbocycles. The number of hydrogen-bond donors (Lipinski definition) is 1. The van der Waals surface area contributed by atoms with E-state index in [0.29, 0.717) is 16.5 Å². The van der Waals surface area contributed by atoms with Crippen molar-refractivity contribution in [3.63, 3.8) is 0 Å². The van der Waals surface area contributed by atoms with E-state index in [1.165, 1.54) is 18.2 Å². The molecule has 0 atom stereocenters. The molecule has 8 heteroatoms. The van der Waals surface area contributed by atoms with E-state index in [0.717, 1.165) is 47.8 Å². The van der Waals surface area contributed by atoms with E-state index in [-0.39, 0.29) is 11.7 Å². The zero-order valence-corrected chi connectivity index (χ0v) is 18.3. The minimum absolute atomic E-state index is 0.124. The smallest absolute Gasteiger partial charge is 0.234 e. The van der Waals surface area contributed by atoms with E-state index >= 15 is 0 Å². The summed E-state index contributed by atoms with van der Waals surface area (Å²) in [5.41, 5.74) is 2.34. The van der Waals surface area contributed by atoms with Gasteiger partial charge in [0.05, 0.1) is 28.9 Å². The highest BCUT2D eigenvalue weighted by molar-refractivity contribution is 8.00. The summed E-state index contributed by atoms with van der Waals surface area (Å²) in [6, 6.07) is 13.0. The number of halogens is 1. The van der Waals surface area contributed by atoms with Crippen LogP contribution in [0.1, 0.15) is 19.3 Å². The Hall–Kier alpha value is -2.51. The molecule has 0 spiro atoms. The first-order valence-electron chi connectivity index (χ1n) is 9.92. The molecule has 0 saturated carbocycles. The number of hydrogen-bond acceptors (Lipinski definition) is 6. The molecular formula is C22H23ClN4O2S. The average Bonchev–Trinajstić information content (AvgIpc) is 2.78. The predicted molar refractivity (Wildman–Crippen MR) is 123 cm³/mol. The molecule has 0 radical (unpaired) electrons. The van der Waals surface area contributed by atoms with Gasteiger partial charge in [0.1, 0.15) is 10.8 Å². The molecule has 0 bridgehead atoms. The van der Waals surface area contributed by atoms with Gasteiger partial charge in [-0.05, 0) is 49.6 Å². The molecule has 0 unspecified atom stereocenters. The summed E-state index contributed by atoms with van der Waals surface area (Å²) >= 11 is 7.55. The maximum atomic E-state index is 12.5. The third kappa shape index (κ3) is 4.79. The monoisotopic (exact) mass is 442 g/mol. The third-order valence-corrected chi connectivity index (χ3v) is 6.20. The van der Waals surface area contributed by atoms with Gasteiger partial charge < -0.3 is 15.0 Å². The summed E-state index contributed by atoms with van der Waals surface area (Å²) in [4.78, 5) is 24.5. The number of para-hydroxylation sites is 2. The fourth-order valence-corrected chi connectivity index (χ4v) is 4.52. The largest absolute Gasteiger partial charge is 0.495 e. The molecule has 1 aromatic heterocycles. The van der Waals surface area contributed by atoms with Crippen molar-refractivity contribution in [1.82, 2.24) is 9.97 Å². The lowest BCUT2D eigenvalue weighted by Gasteiger charge is -2.29. The number of ether oxygens (including phenoxy) is 1. The number of aromatic nitrogens is 2. The molecule has 1 saturated heterocycles. The van der Waals surface area contributed by atoms with Gasteiger partial charge in [-0.25, -0.2) is 9.97 Å². The van der Waals surface area contributed by atoms with Crippen LogP contribution in [0.2, 0.25) is 5.02 Å². The number of piperidine rings is 1. The molecule has 156 valence electrons. The first kappa shape index (κ1) is 20.8. The van der Waals surface area contributed by atoms with Crippen LogP contribution in [0.4, 0.5) is 11.5 Å². The van der Waals surface area contributed by atoms with Crippen LogP contribution < -0.4 is 15.0 Å². The van der Waals surface area contributed by atoms with Crippen molar-refractivity contribution in [3.8, 4) is 5.75 Å². The number of anilines is 2. The maximum absolute atomic E-state index is 12.5. The predicted octanol–water partition coefficient (Wildman–Crippen LogP) is 5.01. The van der Waals surface area contributed by atoms with Gasteiger partial charge >= 0.3 is 0 Å². The number of nitrogens with zero attached hydrogens (tertiary/aromatic N) is 3. The van der Waals surface area contributed by atoms with Crippen LogP contribution in [0.5, 0.6) is 5.75 Å². The molecule has 6 nitrogen and oxygen atoms in total. The highest BCUT2D eigenvalue weighted by Gasteiger charge is 2.19. The number of carbonyl (C=O) groups is 1. The second kappa shape index (κ2) is 9.53. The minimum atomic E-state index is -0.124. The lowest BCUT2D eigenvalue weighted by atomic mass is 10.1. The molecule has 1 aliphatic heterocycles. The van der Waals surface area contributed by atoms with Crippen LogP contribution in [0, 0.1) is 0 Å². The van der Waals surface area contributed by atoms with Gasteiger partial charge in [-0.2, -0.15) is 0 Å². The average molecular weight is 443 g/mol. The Balaban J connectivity index is 1.50. The molecule has 2 heterocycles. The number of rotatable bonds is 6. The number of fused-ring (bicyclic) bond motifs is 1. The van der Waals surface area contributed by atoms with Gasteiger partial charge in [0, 0.05) is 18.8 Å². The first-order chi connectivity index (χ1) is 14.6. The van der Waals surface area contributed by atoms with Crippen LogP contribution in [0.15, 0.2) is 47.5 Å². The van der Waals surface area contributed by atoms with Crippen molar-refractivity contribution >= 4 is 51.8 Å². The highest BCUT2D eigenvalue weighted by atomic mass is 35.5. The summed E-state index contributed by atoms with van der Waals surface area (Å²) in [7, 11) is 1.56. The zero-order chi connectivity index (χ0) is 20.9. The molecule has 4 rings (SSSR count).